The van der Waals surface area contributed by atoms with Crippen molar-refractivity contribution in [3.63, 3.8) is 0 Å². The van der Waals surface area contributed by atoms with Crippen LogP contribution in [0.4, 0.5) is 5.82 Å². The first-order chi connectivity index (χ1) is 12.2. The van der Waals surface area contributed by atoms with Crippen LogP contribution in [0, 0.1) is 12.8 Å². The van der Waals surface area contributed by atoms with Crippen molar-refractivity contribution in [2.75, 3.05) is 37.7 Å². The molecular formula is C19H28N4O2. The molecule has 3 heterocycles. The number of amides is 1. The number of carbonyl (C=O) groups excluding carboxylic acids is 1. The summed E-state index contributed by atoms with van der Waals surface area (Å²) in [4.78, 5) is 26.7. The molecule has 1 aliphatic carbocycles. The van der Waals surface area contributed by atoms with E-state index in [-0.39, 0.29) is 5.92 Å². The third-order valence-corrected chi connectivity index (χ3v) is 5.73. The second-order valence-electron chi connectivity index (χ2n) is 7.46. The molecule has 0 bridgehead atoms. The molecule has 2 fully saturated rings. The monoisotopic (exact) mass is 344 g/mol. The maximum Gasteiger partial charge on any atom is 0.225 e. The Hall–Kier alpha value is -1.69. The molecule has 2 aliphatic heterocycles. The van der Waals surface area contributed by atoms with Crippen molar-refractivity contribution in [3.8, 4) is 0 Å². The lowest BCUT2D eigenvalue weighted by Crippen LogP contribution is -2.43. The van der Waals surface area contributed by atoms with Crippen LogP contribution >= 0.6 is 0 Å². The van der Waals surface area contributed by atoms with Gasteiger partial charge in [-0.25, -0.2) is 9.97 Å². The topological polar surface area (TPSA) is 58.6 Å². The lowest BCUT2D eigenvalue weighted by molar-refractivity contribution is -0.137. The summed E-state index contributed by atoms with van der Waals surface area (Å²) in [6, 6.07) is 0. The minimum atomic E-state index is 0.230. The summed E-state index contributed by atoms with van der Waals surface area (Å²) in [5.41, 5.74) is 2.28. The van der Waals surface area contributed by atoms with E-state index in [2.05, 4.69) is 14.8 Å². The molecule has 1 saturated carbocycles. The highest BCUT2D eigenvalue weighted by Crippen LogP contribution is 2.31. The highest BCUT2D eigenvalue weighted by atomic mass is 16.5. The second kappa shape index (κ2) is 7.28. The van der Waals surface area contributed by atoms with Gasteiger partial charge in [0.25, 0.3) is 0 Å². The van der Waals surface area contributed by atoms with Crippen molar-refractivity contribution in [2.24, 2.45) is 5.92 Å². The van der Waals surface area contributed by atoms with Crippen LogP contribution in [-0.2, 0) is 22.5 Å². The van der Waals surface area contributed by atoms with Crippen LogP contribution in [0.15, 0.2) is 0 Å². The van der Waals surface area contributed by atoms with Crippen molar-refractivity contribution in [1.82, 2.24) is 14.9 Å². The van der Waals surface area contributed by atoms with Crippen molar-refractivity contribution in [3.05, 3.63) is 17.1 Å². The van der Waals surface area contributed by atoms with E-state index in [1.165, 1.54) is 19.3 Å². The van der Waals surface area contributed by atoms with E-state index in [4.69, 9.17) is 9.72 Å². The van der Waals surface area contributed by atoms with Gasteiger partial charge in [0.15, 0.2) is 0 Å². The molecule has 0 spiro atoms. The Morgan fingerprint density at radius 1 is 1.08 bits per heavy atom. The van der Waals surface area contributed by atoms with E-state index in [0.717, 1.165) is 75.0 Å². The molecule has 1 aromatic heterocycles. The molecule has 4 rings (SSSR count). The molecule has 1 amide bonds. The fourth-order valence-corrected chi connectivity index (χ4v) is 4.35. The van der Waals surface area contributed by atoms with Crippen LogP contribution in [0.2, 0.25) is 0 Å². The highest BCUT2D eigenvalue weighted by Gasteiger charge is 2.31. The summed E-state index contributed by atoms with van der Waals surface area (Å²) < 4.78 is 5.48. The van der Waals surface area contributed by atoms with Gasteiger partial charge in [-0.3, -0.25) is 4.79 Å². The highest BCUT2D eigenvalue weighted by molar-refractivity contribution is 5.79. The number of rotatable bonds is 2. The molecule has 0 aromatic carbocycles. The van der Waals surface area contributed by atoms with Crippen molar-refractivity contribution in [1.29, 1.82) is 0 Å². The van der Waals surface area contributed by atoms with Gasteiger partial charge in [0.2, 0.25) is 5.91 Å². The zero-order valence-electron chi connectivity index (χ0n) is 15.2. The summed E-state index contributed by atoms with van der Waals surface area (Å²) in [5.74, 6) is 2.42. The number of carbonyl (C=O) groups is 1. The fourth-order valence-electron chi connectivity index (χ4n) is 4.35. The predicted octanol–water partition coefficient (Wildman–Crippen LogP) is 2.09. The normalized spacial score (nSPS) is 22.0. The Balaban J connectivity index is 1.57. The molecule has 136 valence electrons. The Morgan fingerprint density at radius 2 is 1.84 bits per heavy atom. The van der Waals surface area contributed by atoms with Gasteiger partial charge in [-0.1, -0.05) is 19.3 Å². The first-order valence-corrected chi connectivity index (χ1v) is 9.70. The molecule has 6 heteroatoms. The minimum absolute atomic E-state index is 0.230. The van der Waals surface area contributed by atoms with E-state index < -0.39 is 0 Å². The van der Waals surface area contributed by atoms with Gasteiger partial charge in [-0.2, -0.15) is 0 Å². The average Bonchev–Trinajstić information content (AvgIpc) is 2.68. The van der Waals surface area contributed by atoms with Crippen molar-refractivity contribution in [2.45, 2.75) is 52.0 Å². The van der Waals surface area contributed by atoms with Crippen LogP contribution in [-0.4, -0.2) is 53.6 Å². The molecule has 0 atom stereocenters. The van der Waals surface area contributed by atoms with Crippen molar-refractivity contribution < 1.29 is 9.53 Å². The Kier molecular flexibility index (Phi) is 4.88. The number of morpholine rings is 1. The Morgan fingerprint density at radius 3 is 2.60 bits per heavy atom. The van der Waals surface area contributed by atoms with Crippen LogP contribution < -0.4 is 4.90 Å². The molecule has 3 aliphatic rings. The molecule has 1 saturated heterocycles. The van der Waals surface area contributed by atoms with Crippen molar-refractivity contribution >= 4 is 11.7 Å². The van der Waals surface area contributed by atoms with Gasteiger partial charge in [-0.05, 0) is 19.8 Å². The standard InChI is InChI=1S/C19H28N4O2/c1-14-20-17-7-8-23(19(24)15-5-3-2-4-6-15)13-16(17)18(21-14)22-9-11-25-12-10-22/h15H,2-13H2,1H3. The first kappa shape index (κ1) is 16.8. The lowest BCUT2D eigenvalue weighted by atomic mass is 9.87. The summed E-state index contributed by atoms with van der Waals surface area (Å²) in [6.07, 6.45) is 6.63. The molecule has 0 N–H and O–H groups in total. The van der Waals surface area contributed by atoms with E-state index in [1.807, 2.05) is 6.92 Å². The Bertz CT molecular complexity index is 637. The largest absolute Gasteiger partial charge is 0.378 e. The third-order valence-electron chi connectivity index (χ3n) is 5.73. The van der Waals surface area contributed by atoms with E-state index in [1.54, 1.807) is 0 Å². The molecule has 1 aromatic rings. The van der Waals surface area contributed by atoms with E-state index >= 15 is 0 Å². The summed E-state index contributed by atoms with van der Waals surface area (Å²) >= 11 is 0. The zero-order chi connectivity index (χ0) is 17.2. The molecular weight excluding hydrogens is 316 g/mol. The quantitative estimate of drug-likeness (QED) is 0.822. The zero-order valence-corrected chi connectivity index (χ0v) is 15.2. The van der Waals surface area contributed by atoms with Crippen LogP contribution in [0.5, 0.6) is 0 Å². The molecule has 6 nitrogen and oxygen atoms in total. The maximum atomic E-state index is 13.0. The van der Waals surface area contributed by atoms with Crippen LogP contribution in [0.1, 0.15) is 49.2 Å². The number of ether oxygens (including phenoxy) is 1. The van der Waals surface area contributed by atoms with Gasteiger partial charge in [0.05, 0.1) is 25.5 Å². The number of aromatic nitrogens is 2. The summed E-state index contributed by atoms with van der Waals surface area (Å²) in [6.45, 7) is 6.62. The lowest BCUT2D eigenvalue weighted by Gasteiger charge is -2.36. The average molecular weight is 344 g/mol. The third kappa shape index (κ3) is 3.50. The fraction of sp³-hybridized carbons (Fsp3) is 0.737. The van der Waals surface area contributed by atoms with Gasteiger partial charge < -0.3 is 14.5 Å². The Labute approximate surface area is 149 Å². The first-order valence-electron chi connectivity index (χ1n) is 9.70. The number of fused-ring (bicyclic) bond motifs is 1. The smallest absolute Gasteiger partial charge is 0.225 e. The summed E-state index contributed by atoms with van der Waals surface area (Å²) in [5, 5.41) is 0. The molecule has 25 heavy (non-hydrogen) atoms. The second-order valence-corrected chi connectivity index (χ2v) is 7.46. The molecule has 0 radical (unpaired) electrons. The summed E-state index contributed by atoms with van der Waals surface area (Å²) in [7, 11) is 0. The number of aryl methyl sites for hydroxylation is 1. The van der Waals surface area contributed by atoms with Gasteiger partial charge in [0.1, 0.15) is 11.6 Å². The van der Waals surface area contributed by atoms with Crippen LogP contribution in [0.25, 0.3) is 0 Å². The van der Waals surface area contributed by atoms with Gasteiger partial charge >= 0.3 is 0 Å². The number of hydrogen-bond acceptors (Lipinski definition) is 5. The number of nitrogens with zero attached hydrogens (tertiary/aromatic N) is 4. The van der Waals surface area contributed by atoms with Gasteiger partial charge in [-0.15, -0.1) is 0 Å². The van der Waals surface area contributed by atoms with E-state index in [9.17, 15) is 4.79 Å². The van der Waals surface area contributed by atoms with Crippen LogP contribution in [0.3, 0.4) is 0 Å². The SMILES string of the molecule is Cc1nc2c(c(N3CCOCC3)n1)CN(C(=O)C1CCCCC1)CC2. The van der Waals surface area contributed by atoms with E-state index in [0.29, 0.717) is 12.5 Å². The van der Waals surface area contributed by atoms with Gasteiger partial charge in [0, 0.05) is 37.5 Å². The molecule has 0 unspecified atom stereocenters. The minimum Gasteiger partial charge on any atom is -0.378 e. The number of anilines is 1. The maximum absolute atomic E-state index is 13.0. The number of hydrogen-bond donors (Lipinski definition) is 0. The predicted molar refractivity (Wildman–Crippen MR) is 95.5 cm³/mol.